The van der Waals surface area contributed by atoms with Gasteiger partial charge in [0.25, 0.3) is 0 Å². The van der Waals surface area contributed by atoms with Crippen LogP contribution in [0.2, 0.25) is 0 Å². The van der Waals surface area contributed by atoms with Crippen LogP contribution < -0.4 is 4.74 Å². The predicted octanol–water partition coefficient (Wildman–Crippen LogP) is 4.02. The highest BCUT2D eigenvalue weighted by atomic mass is 127. The molecule has 0 amide bonds. The molecule has 0 bridgehead atoms. The van der Waals surface area contributed by atoms with E-state index >= 15 is 0 Å². The van der Waals surface area contributed by atoms with Gasteiger partial charge in [0.2, 0.25) is 0 Å². The molecule has 0 aromatic heterocycles. The van der Waals surface area contributed by atoms with E-state index in [-0.39, 0.29) is 4.11 Å². The summed E-state index contributed by atoms with van der Waals surface area (Å²) >= 11 is 2.35. The Hall–Kier alpha value is -0.510. The van der Waals surface area contributed by atoms with E-state index in [4.69, 9.17) is 4.74 Å². The zero-order chi connectivity index (χ0) is 9.97. The van der Waals surface area contributed by atoms with Crippen molar-refractivity contribution in [1.29, 1.82) is 0 Å². The molecule has 14 heavy (non-hydrogen) atoms. The molecular formula is C12H13IO. The van der Waals surface area contributed by atoms with Gasteiger partial charge < -0.3 is 4.74 Å². The van der Waals surface area contributed by atoms with Crippen molar-refractivity contribution in [3.05, 3.63) is 35.4 Å². The summed E-state index contributed by atoms with van der Waals surface area (Å²) in [6, 6.07) is 8.20. The van der Waals surface area contributed by atoms with Crippen LogP contribution in [0.3, 0.4) is 0 Å². The number of rotatable bonds is 2. The van der Waals surface area contributed by atoms with Gasteiger partial charge in [-0.15, -0.1) is 0 Å². The van der Waals surface area contributed by atoms with Crippen LogP contribution in [0.15, 0.2) is 29.8 Å². The fraction of sp³-hybridized carbons (Fsp3) is 0.333. The third-order valence-corrected chi connectivity index (χ3v) is 3.37. The molecule has 0 saturated carbocycles. The Morgan fingerprint density at radius 2 is 2.14 bits per heavy atom. The molecule has 1 aliphatic rings. The zero-order valence-electron chi connectivity index (χ0n) is 8.16. The van der Waals surface area contributed by atoms with Crippen LogP contribution in [-0.2, 0) is 0 Å². The van der Waals surface area contributed by atoms with Crippen molar-refractivity contribution in [2.24, 2.45) is 0 Å². The topological polar surface area (TPSA) is 9.23 Å². The molecular weight excluding hydrogens is 287 g/mol. The minimum absolute atomic E-state index is 0.211. The van der Waals surface area contributed by atoms with Gasteiger partial charge in [-0.1, -0.05) is 31.5 Å². The number of ether oxygens (including phenoxy) is 1. The van der Waals surface area contributed by atoms with Gasteiger partial charge in [-0.2, -0.15) is 0 Å². The summed E-state index contributed by atoms with van der Waals surface area (Å²) in [4.78, 5) is 0. The molecule has 0 saturated heterocycles. The van der Waals surface area contributed by atoms with Crippen LogP contribution in [0.25, 0.3) is 6.08 Å². The molecule has 1 heterocycles. The van der Waals surface area contributed by atoms with Crippen molar-refractivity contribution in [3.63, 3.8) is 0 Å². The first-order valence-corrected chi connectivity index (χ1v) is 6.16. The summed E-state index contributed by atoms with van der Waals surface area (Å²) in [5.74, 6) is 1.01. The third kappa shape index (κ3) is 1.95. The largest absolute Gasteiger partial charge is 0.475 e. The Morgan fingerprint density at radius 3 is 2.93 bits per heavy atom. The summed E-state index contributed by atoms with van der Waals surface area (Å²) in [5, 5.41) is 0. The lowest BCUT2D eigenvalue weighted by atomic mass is 10.0. The highest BCUT2D eigenvalue weighted by molar-refractivity contribution is 14.1. The maximum Gasteiger partial charge on any atom is 0.170 e. The van der Waals surface area contributed by atoms with Crippen molar-refractivity contribution in [2.45, 2.75) is 23.9 Å². The quantitative estimate of drug-likeness (QED) is 0.592. The summed E-state index contributed by atoms with van der Waals surface area (Å²) in [7, 11) is 0. The Labute approximate surface area is 98.3 Å². The van der Waals surface area contributed by atoms with Crippen molar-refractivity contribution in [2.75, 3.05) is 0 Å². The molecule has 1 aromatic carbocycles. The summed E-state index contributed by atoms with van der Waals surface area (Å²) in [6.45, 7) is 2.20. The smallest absolute Gasteiger partial charge is 0.170 e. The number of hydrogen-bond acceptors (Lipinski definition) is 1. The second kappa shape index (κ2) is 4.34. The molecule has 1 atom stereocenters. The van der Waals surface area contributed by atoms with Crippen molar-refractivity contribution in [3.8, 4) is 5.75 Å². The monoisotopic (exact) mass is 300 g/mol. The van der Waals surface area contributed by atoms with Gasteiger partial charge in [0.05, 0.1) is 0 Å². The van der Waals surface area contributed by atoms with Crippen LogP contribution in [0.1, 0.15) is 25.3 Å². The van der Waals surface area contributed by atoms with Gasteiger partial charge >= 0.3 is 0 Å². The van der Waals surface area contributed by atoms with Crippen molar-refractivity contribution < 1.29 is 4.74 Å². The Kier molecular flexibility index (Phi) is 3.11. The van der Waals surface area contributed by atoms with Crippen LogP contribution in [0, 0.1) is 0 Å². The number of para-hydroxylation sites is 1. The van der Waals surface area contributed by atoms with Crippen LogP contribution in [-0.4, -0.2) is 4.11 Å². The molecule has 0 spiro atoms. The van der Waals surface area contributed by atoms with E-state index in [0.29, 0.717) is 0 Å². The first kappa shape index (κ1) is 10.0. The Balaban J connectivity index is 2.34. The standard InChI is InChI=1S/C12H13IO/c1-2-5-10-8-9-6-3-4-7-11(9)14-12(10)13/h3-4,6-8,12H,2,5H2,1H3. The van der Waals surface area contributed by atoms with Crippen molar-refractivity contribution in [1.82, 2.24) is 0 Å². The number of halogens is 1. The fourth-order valence-electron chi connectivity index (χ4n) is 1.63. The third-order valence-electron chi connectivity index (χ3n) is 2.32. The highest BCUT2D eigenvalue weighted by Crippen LogP contribution is 2.33. The first-order chi connectivity index (χ1) is 6.81. The number of benzene rings is 1. The molecule has 2 heteroatoms. The maximum absolute atomic E-state index is 5.82. The summed E-state index contributed by atoms with van der Waals surface area (Å²) in [5.41, 5.74) is 2.61. The molecule has 0 aliphatic carbocycles. The number of hydrogen-bond donors (Lipinski definition) is 0. The van der Waals surface area contributed by atoms with E-state index < -0.39 is 0 Å². The summed E-state index contributed by atoms with van der Waals surface area (Å²) < 4.78 is 6.03. The second-order valence-electron chi connectivity index (χ2n) is 3.44. The van der Waals surface area contributed by atoms with E-state index in [1.54, 1.807) is 0 Å². The highest BCUT2D eigenvalue weighted by Gasteiger charge is 2.18. The van der Waals surface area contributed by atoms with Gasteiger partial charge in [0, 0.05) is 5.56 Å². The number of alkyl halides is 1. The molecule has 74 valence electrons. The minimum atomic E-state index is 0.211. The molecule has 0 fully saturated rings. The van der Waals surface area contributed by atoms with Crippen molar-refractivity contribution >= 4 is 28.7 Å². The molecule has 2 rings (SSSR count). The average molecular weight is 300 g/mol. The number of fused-ring (bicyclic) bond motifs is 1. The molecule has 1 unspecified atom stereocenters. The van der Waals surface area contributed by atoms with E-state index in [0.717, 1.165) is 12.2 Å². The molecule has 1 nitrogen and oxygen atoms in total. The Morgan fingerprint density at radius 1 is 1.36 bits per heavy atom. The summed E-state index contributed by atoms with van der Waals surface area (Å²) in [6.07, 6.45) is 4.57. The molecule has 0 radical (unpaired) electrons. The van der Waals surface area contributed by atoms with Crippen LogP contribution >= 0.6 is 22.6 Å². The van der Waals surface area contributed by atoms with Gasteiger partial charge in [-0.3, -0.25) is 0 Å². The van der Waals surface area contributed by atoms with Gasteiger partial charge in [0.15, 0.2) is 4.11 Å². The lowest BCUT2D eigenvalue weighted by Crippen LogP contribution is -2.15. The molecule has 1 aliphatic heterocycles. The van der Waals surface area contributed by atoms with Gasteiger partial charge in [-0.25, -0.2) is 0 Å². The SMILES string of the molecule is CCCC1=Cc2ccccc2OC1I. The first-order valence-electron chi connectivity index (χ1n) is 4.91. The average Bonchev–Trinajstić information content (AvgIpc) is 2.19. The Bertz CT molecular complexity index is 357. The van der Waals surface area contributed by atoms with E-state index in [1.807, 2.05) is 12.1 Å². The normalized spacial score (nSPS) is 19.6. The predicted molar refractivity (Wildman–Crippen MR) is 67.8 cm³/mol. The van der Waals surface area contributed by atoms with E-state index in [2.05, 4.69) is 47.7 Å². The lowest BCUT2D eigenvalue weighted by Gasteiger charge is -2.22. The van der Waals surface area contributed by atoms with Crippen LogP contribution in [0.5, 0.6) is 5.75 Å². The van der Waals surface area contributed by atoms with Gasteiger partial charge in [-0.05, 0) is 46.7 Å². The lowest BCUT2D eigenvalue weighted by molar-refractivity contribution is 0.325. The second-order valence-corrected chi connectivity index (χ2v) is 4.57. The minimum Gasteiger partial charge on any atom is -0.475 e. The fourth-order valence-corrected chi connectivity index (χ4v) is 2.40. The van der Waals surface area contributed by atoms with Gasteiger partial charge in [0.1, 0.15) is 5.75 Å². The molecule has 1 aromatic rings. The van der Waals surface area contributed by atoms with Crippen LogP contribution in [0.4, 0.5) is 0 Å². The van der Waals surface area contributed by atoms with E-state index in [9.17, 15) is 0 Å². The van der Waals surface area contributed by atoms with E-state index in [1.165, 1.54) is 17.6 Å². The maximum atomic E-state index is 5.82. The molecule has 0 N–H and O–H groups in total. The zero-order valence-corrected chi connectivity index (χ0v) is 10.3.